The maximum Gasteiger partial charge on any atom is 0.290 e. The van der Waals surface area contributed by atoms with Crippen molar-refractivity contribution in [2.75, 3.05) is 6.54 Å². The number of hydrogen-bond donors (Lipinski definition) is 2. The lowest BCUT2D eigenvalue weighted by Crippen LogP contribution is -2.37. The first kappa shape index (κ1) is 22.3. The number of hydrogen-bond acceptors (Lipinski definition) is 6. The van der Waals surface area contributed by atoms with Crippen LogP contribution >= 0.6 is 0 Å². The van der Waals surface area contributed by atoms with Crippen LogP contribution in [-0.4, -0.2) is 51.7 Å². The first-order valence-electron chi connectivity index (χ1n) is 10.4. The van der Waals surface area contributed by atoms with E-state index in [-0.39, 0.29) is 37.1 Å². The average molecular weight is 456 g/mol. The fourth-order valence-electron chi connectivity index (χ4n) is 3.59. The summed E-state index contributed by atoms with van der Waals surface area (Å²) in [5, 5.41) is 9.43. The Bertz CT molecular complexity index is 1190. The van der Waals surface area contributed by atoms with Crippen LogP contribution in [0.2, 0.25) is 0 Å². The van der Waals surface area contributed by atoms with Crippen molar-refractivity contribution in [2.45, 2.75) is 37.6 Å². The van der Waals surface area contributed by atoms with Gasteiger partial charge in [-0.3, -0.25) is 14.6 Å². The smallest absolute Gasteiger partial charge is 0.290 e. The van der Waals surface area contributed by atoms with Crippen LogP contribution in [0.25, 0.3) is 16.7 Å². The molecule has 1 atom stereocenters. The summed E-state index contributed by atoms with van der Waals surface area (Å²) in [4.78, 5) is 31.1. The van der Waals surface area contributed by atoms with Gasteiger partial charge in [0.15, 0.2) is 0 Å². The molecule has 33 heavy (non-hydrogen) atoms. The maximum absolute atomic E-state index is 14.0. The Morgan fingerprint density at radius 3 is 3.00 bits per heavy atom. The van der Waals surface area contributed by atoms with Crippen molar-refractivity contribution in [1.29, 1.82) is 0 Å². The van der Waals surface area contributed by atoms with Crippen molar-refractivity contribution < 1.29 is 22.9 Å². The van der Waals surface area contributed by atoms with E-state index in [2.05, 4.69) is 25.8 Å². The van der Waals surface area contributed by atoms with Crippen molar-refractivity contribution in [2.24, 2.45) is 4.99 Å². The van der Waals surface area contributed by atoms with E-state index in [0.717, 1.165) is 11.1 Å². The first-order valence-corrected chi connectivity index (χ1v) is 10.4. The van der Waals surface area contributed by atoms with Crippen LogP contribution in [0.15, 0.2) is 52.5 Å². The lowest BCUT2D eigenvalue weighted by Gasteiger charge is -2.19. The zero-order valence-corrected chi connectivity index (χ0v) is 17.6. The van der Waals surface area contributed by atoms with Gasteiger partial charge in [-0.1, -0.05) is 5.16 Å². The molecule has 9 nitrogen and oxygen atoms in total. The highest BCUT2D eigenvalue weighted by Crippen LogP contribution is 2.27. The van der Waals surface area contributed by atoms with E-state index in [4.69, 9.17) is 4.52 Å². The summed E-state index contributed by atoms with van der Waals surface area (Å²) in [7, 11) is 0. The molecule has 4 heterocycles. The van der Waals surface area contributed by atoms with E-state index >= 15 is 0 Å². The van der Waals surface area contributed by atoms with Crippen LogP contribution in [0.1, 0.15) is 35.4 Å². The number of aromatic nitrogens is 3. The van der Waals surface area contributed by atoms with Gasteiger partial charge in [0.05, 0.1) is 12.2 Å². The molecule has 0 spiro atoms. The fourth-order valence-corrected chi connectivity index (χ4v) is 3.59. The van der Waals surface area contributed by atoms with Gasteiger partial charge in [-0.05, 0) is 24.1 Å². The molecular weight excluding hydrogens is 434 g/mol. The molecule has 0 fully saturated rings. The zero-order chi connectivity index (χ0) is 23.3. The normalized spacial score (nSPS) is 15.9. The molecule has 3 aromatic heterocycles. The predicted molar refractivity (Wildman–Crippen MR) is 117 cm³/mol. The molecular formula is C22H22F2N6O3. The highest BCUT2D eigenvalue weighted by Gasteiger charge is 2.28. The Morgan fingerprint density at radius 2 is 2.21 bits per heavy atom. The van der Waals surface area contributed by atoms with Gasteiger partial charge in [-0.25, -0.2) is 13.8 Å². The number of pyridine rings is 1. The molecule has 2 amide bonds. The summed E-state index contributed by atoms with van der Waals surface area (Å²) in [6.45, 7) is -0.0614. The van der Waals surface area contributed by atoms with Gasteiger partial charge in [0.2, 0.25) is 18.1 Å². The number of halogens is 2. The largest absolute Gasteiger partial charge is 0.358 e. The third-order valence-electron chi connectivity index (χ3n) is 5.29. The monoisotopic (exact) mass is 456 g/mol. The third kappa shape index (κ3) is 5.48. The van der Waals surface area contributed by atoms with Crippen LogP contribution in [0.5, 0.6) is 0 Å². The molecule has 1 aliphatic heterocycles. The summed E-state index contributed by atoms with van der Waals surface area (Å²) >= 11 is 0. The molecule has 172 valence electrons. The van der Waals surface area contributed by atoms with Gasteiger partial charge in [-0.15, -0.1) is 0 Å². The standard InChI is InChI=1S/C22H22F2N6O3/c23-22(24,5-7-25-14-31)4-1-15-9-16-3-8-30(20(16)27-11-15)18-10-17(12-26-13-18)29-21(32)19-2-6-28-33-19/h2-3,6,8-9,11-14,17H,1,4-5,7,10H2,(H,25,31)(H,29,32). The molecule has 0 saturated carbocycles. The molecule has 0 saturated heterocycles. The minimum Gasteiger partial charge on any atom is -0.358 e. The molecule has 11 heteroatoms. The van der Waals surface area contributed by atoms with Gasteiger partial charge in [0.25, 0.3) is 5.91 Å². The van der Waals surface area contributed by atoms with Crippen molar-refractivity contribution in [3.63, 3.8) is 0 Å². The molecule has 0 aromatic carbocycles. The number of carbonyl (C=O) groups excluding carboxylic acids is 2. The Labute approximate surface area is 187 Å². The van der Waals surface area contributed by atoms with E-state index in [1.165, 1.54) is 12.3 Å². The first-order chi connectivity index (χ1) is 15.9. The summed E-state index contributed by atoms with van der Waals surface area (Å²) in [5.41, 5.74) is 2.20. The number of nitrogens with zero attached hydrogens (tertiary/aromatic N) is 4. The van der Waals surface area contributed by atoms with Gasteiger partial charge in [0.1, 0.15) is 5.65 Å². The second kappa shape index (κ2) is 9.72. The van der Waals surface area contributed by atoms with Crippen LogP contribution in [-0.2, 0) is 11.2 Å². The quantitative estimate of drug-likeness (QED) is 0.360. The lowest BCUT2D eigenvalue weighted by atomic mass is 10.0. The summed E-state index contributed by atoms with van der Waals surface area (Å²) in [5.74, 6) is -3.14. The maximum atomic E-state index is 14.0. The topological polar surface area (TPSA) is 114 Å². The van der Waals surface area contributed by atoms with E-state index in [9.17, 15) is 18.4 Å². The average Bonchev–Trinajstić information content (AvgIpc) is 3.48. The molecule has 3 aromatic rings. The van der Waals surface area contributed by atoms with E-state index in [1.807, 2.05) is 22.9 Å². The minimum atomic E-state index is -2.87. The number of aryl methyl sites for hydroxylation is 1. The fraction of sp³-hybridized carbons (Fsp3) is 0.318. The van der Waals surface area contributed by atoms with Crippen LogP contribution in [0.4, 0.5) is 8.78 Å². The lowest BCUT2D eigenvalue weighted by molar-refractivity contribution is -0.109. The minimum absolute atomic E-state index is 0.0614. The number of aliphatic imine (C=N–C) groups is 1. The van der Waals surface area contributed by atoms with Crippen molar-refractivity contribution in [3.05, 3.63) is 54.3 Å². The Hall–Kier alpha value is -3.89. The summed E-state index contributed by atoms with van der Waals surface area (Å²) < 4.78 is 34.7. The van der Waals surface area contributed by atoms with Crippen LogP contribution in [0.3, 0.4) is 0 Å². The van der Waals surface area contributed by atoms with Gasteiger partial charge < -0.3 is 19.7 Å². The number of fused-ring (bicyclic) bond motifs is 1. The highest BCUT2D eigenvalue weighted by molar-refractivity contribution is 5.94. The van der Waals surface area contributed by atoms with Crippen LogP contribution in [0, 0.1) is 0 Å². The van der Waals surface area contributed by atoms with E-state index in [0.29, 0.717) is 24.0 Å². The van der Waals surface area contributed by atoms with Gasteiger partial charge in [-0.2, -0.15) is 0 Å². The Morgan fingerprint density at radius 1 is 1.33 bits per heavy atom. The van der Waals surface area contributed by atoms with Crippen molar-refractivity contribution in [1.82, 2.24) is 25.3 Å². The van der Waals surface area contributed by atoms with E-state index in [1.54, 1.807) is 18.6 Å². The van der Waals surface area contributed by atoms with Gasteiger partial charge in [0, 0.05) is 67.8 Å². The van der Waals surface area contributed by atoms with Gasteiger partial charge >= 0.3 is 0 Å². The molecule has 0 bridgehead atoms. The number of alkyl halides is 2. The second-order valence-electron chi connectivity index (χ2n) is 7.70. The molecule has 4 rings (SSSR count). The summed E-state index contributed by atoms with van der Waals surface area (Å²) in [6, 6.07) is 4.84. The van der Waals surface area contributed by atoms with E-state index < -0.39 is 12.3 Å². The molecule has 2 N–H and O–H groups in total. The number of nitrogens with one attached hydrogen (secondary N) is 2. The predicted octanol–water partition coefficient (Wildman–Crippen LogP) is 2.80. The van der Waals surface area contributed by atoms with Crippen LogP contribution < -0.4 is 10.6 Å². The van der Waals surface area contributed by atoms with Crippen molar-refractivity contribution >= 4 is 35.3 Å². The third-order valence-corrected chi connectivity index (χ3v) is 5.29. The highest BCUT2D eigenvalue weighted by atomic mass is 19.3. The second-order valence-corrected chi connectivity index (χ2v) is 7.70. The molecule has 1 unspecified atom stereocenters. The molecule has 0 aliphatic carbocycles. The SMILES string of the molecule is O=CNCCC(F)(F)CCc1cnc2c(ccn2C2=CN=CC(NC(=O)c3ccno3)C2)c1. The Balaban J connectivity index is 1.41. The Kier molecular flexibility index (Phi) is 6.57. The molecule has 0 radical (unpaired) electrons. The van der Waals surface area contributed by atoms with Crippen molar-refractivity contribution in [3.8, 4) is 0 Å². The number of carbonyl (C=O) groups is 2. The number of amides is 2. The number of rotatable bonds is 10. The summed E-state index contributed by atoms with van der Waals surface area (Å²) in [6.07, 6.45) is 8.50. The zero-order valence-electron chi connectivity index (χ0n) is 17.6. The molecule has 1 aliphatic rings.